The molecule has 0 saturated carbocycles. The second kappa shape index (κ2) is 11.5. The molecule has 4 aromatic rings. The van der Waals surface area contributed by atoms with Crippen LogP contribution in [0.1, 0.15) is 36.6 Å². The molecule has 1 fully saturated rings. The Labute approximate surface area is 241 Å². The maximum Gasteiger partial charge on any atom is 0.301 e. The van der Waals surface area contributed by atoms with E-state index in [2.05, 4.69) is 6.92 Å². The first-order valence-electron chi connectivity index (χ1n) is 13.1. The van der Waals surface area contributed by atoms with Crippen molar-refractivity contribution in [1.29, 1.82) is 0 Å². The summed E-state index contributed by atoms with van der Waals surface area (Å²) in [5.41, 5.74) is 2.59. The molecule has 212 valence electrons. The van der Waals surface area contributed by atoms with Gasteiger partial charge < -0.3 is 24.1 Å². The van der Waals surface area contributed by atoms with Gasteiger partial charge in [0.25, 0.3) is 5.78 Å². The normalized spacial score (nSPS) is 16.3. The van der Waals surface area contributed by atoms with Crippen LogP contribution >= 0.6 is 11.3 Å². The van der Waals surface area contributed by atoms with E-state index in [0.717, 1.165) is 16.7 Å². The molecule has 0 spiro atoms. The average molecular weight is 575 g/mol. The van der Waals surface area contributed by atoms with Crippen molar-refractivity contribution in [2.24, 2.45) is 0 Å². The monoisotopic (exact) mass is 574 g/mol. The molecule has 0 bridgehead atoms. The number of amides is 1. The molecule has 2 heterocycles. The molecule has 1 aliphatic rings. The third-order valence-electron chi connectivity index (χ3n) is 6.94. The molecular weight excluding hydrogens is 544 g/mol. The van der Waals surface area contributed by atoms with Crippen molar-refractivity contribution in [3.05, 3.63) is 76.9 Å². The third-order valence-corrected chi connectivity index (χ3v) is 7.96. The van der Waals surface area contributed by atoms with Gasteiger partial charge in [0, 0.05) is 5.56 Å². The highest BCUT2D eigenvalue weighted by Crippen LogP contribution is 2.48. The second-order valence-corrected chi connectivity index (χ2v) is 10.2. The van der Waals surface area contributed by atoms with Crippen LogP contribution in [-0.2, 0) is 16.0 Å². The maximum absolute atomic E-state index is 13.7. The zero-order valence-corrected chi connectivity index (χ0v) is 24.2. The number of nitrogens with zero attached hydrogens (tertiary/aromatic N) is 2. The molecule has 3 aromatic carbocycles. The number of aliphatic hydroxyl groups excluding tert-OH is 1. The number of rotatable bonds is 9. The van der Waals surface area contributed by atoms with Gasteiger partial charge in [0.2, 0.25) is 5.75 Å². The Morgan fingerprint density at radius 1 is 0.951 bits per heavy atom. The minimum Gasteiger partial charge on any atom is -0.507 e. The van der Waals surface area contributed by atoms with Gasteiger partial charge in [-0.2, -0.15) is 0 Å². The highest BCUT2D eigenvalue weighted by molar-refractivity contribution is 7.22. The van der Waals surface area contributed by atoms with Crippen LogP contribution in [0.5, 0.6) is 23.0 Å². The Hall–Kier alpha value is -4.57. The van der Waals surface area contributed by atoms with Crippen LogP contribution in [0.2, 0.25) is 0 Å². The second-order valence-electron chi connectivity index (χ2n) is 9.24. The largest absolute Gasteiger partial charge is 0.507 e. The topological polar surface area (TPSA) is 107 Å². The molecule has 1 aliphatic heterocycles. The molecule has 0 radical (unpaired) electrons. The van der Waals surface area contributed by atoms with Gasteiger partial charge in [0.1, 0.15) is 11.5 Å². The van der Waals surface area contributed by atoms with Crippen molar-refractivity contribution in [2.75, 3.05) is 32.8 Å². The van der Waals surface area contributed by atoms with Crippen molar-refractivity contribution in [2.45, 2.75) is 26.3 Å². The minimum atomic E-state index is -1.03. The number of methoxy groups -OCH3 is 3. The number of ether oxygens (including phenoxy) is 4. The standard InChI is InChI=1S/C31H30N2O7S/c1-6-17-8-13-21-24(14-17)41-31(32-21)33-26(19-15-22(37-3)29(39-5)23(16-19)38-4)25(28(35)30(33)36)27(34)18-9-11-20(12-10-18)40-7-2/h8-16,26,34H,6-7H2,1-5H3/b27-25+. The lowest BCUT2D eigenvalue weighted by Gasteiger charge is -2.24. The van der Waals surface area contributed by atoms with E-state index >= 15 is 0 Å². The highest BCUT2D eigenvalue weighted by atomic mass is 32.1. The molecule has 1 atom stereocenters. The van der Waals surface area contributed by atoms with Crippen molar-refractivity contribution in [1.82, 2.24) is 4.98 Å². The number of Topliss-reactive ketones (excluding diaryl/α,β-unsaturated/α-hetero) is 1. The molecule has 1 amide bonds. The van der Waals surface area contributed by atoms with E-state index in [4.69, 9.17) is 23.9 Å². The highest BCUT2D eigenvalue weighted by Gasteiger charge is 2.48. The number of thiazole rings is 1. The summed E-state index contributed by atoms with van der Waals surface area (Å²) in [7, 11) is 4.46. The number of aromatic nitrogens is 1. The van der Waals surface area contributed by atoms with Crippen LogP contribution in [0.4, 0.5) is 5.13 Å². The van der Waals surface area contributed by atoms with Crippen molar-refractivity contribution < 1.29 is 33.6 Å². The Kier molecular flexibility index (Phi) is 7.85. The lowest BCUT2D eigenvalue weighted by atomic mass is 9.94. The van der Waals surface area contributed by atoms with Crippen LogP contribution < -0.4 is 23.8 Å². The number of aryl methyl sites for hydroxylation is 1. The van der Waals surface area contributed by atoms with E-state index < -0.39 is 17.7 Å². The molecule has 1 aromatic heterocycles. The summed E-state index contributed by atoms with van der Waals surface area (Å²) >= 11 is 1.31. The predicted molar refractivity (Wildman–Crippen MR) is 157 cm³/mol. The summed E-state index contributed by atoms with van der Waals surface area (Å²) in [6.45, 7) is 4.42. The average Bonchev–Trinajstić information content (AvgIpc) is 3.53. The number of carbonyl (C=O) groups is 2. The van der Waals surface area contributed by atoms with Gasteiger partial charge in [-0.25, -0.2) is 4.98 Å². The van der Waals surface area contributed by atoms with Crippen LogP contribution in [0.15, 0.2) is 60.2 Å². The number of anilines is 1. The number of hydrogen-bond donors (Lipinski definition) is 1. The third kappa shape index (κ3) is 4.95. The molecule has 1 saturated heterocycles. The number of hydrogen-bond acceptors (Lipinski definition) is 9. The summed E-state index contributed by atoms with van der Waals surface area (Å²) in [6.07, 6.45) is 0.848. The molecule has 1 N–H and O–H groups in total. The summed E-state index contributed by atoms with van der Waals surface area (Å²) in [4.78, 5) is 33.4. The van der Waals surface area contributed by atoms with Crippen LogP contribution in [0.25, 0.3) is 16.0 Å². The van der Waals surface area contributed by atoms with E-state index in [1.807, 2.05) is 25.1 Å². The van der Waals surface area contributed by atoms with Gasteiger partial charge in [0.05, 0.1) is 49.8 Å². The fourth-order valence-corrected chi connectivity index (χ4v) is 5.97. The molecule has 5 rings (SSSR count). The fraction of sp³-hybridized carbons (Fsp3) is 0.258. The molecular formula is C31H30N2O7S. The quantitative estimate of drug-likeness (QED) is 0.149. The Morgan fingerprint density at radius 2 is 1.63 bits per heavy atom. The summed E-state index contributed by atoms with van der Waals surface area (Å²) in [6, 6.07) is 14.9. The first-order valence-corrected chi connectivity index (χ1v) is 13.9. The first kappa shape index (κ1) is 28.0. The fourth-order valence-electron chi connectivity index (χ4n) is 4.92. The lowest BCUT2D eigenvalue weighted by Crippen LogP contribution is -2.29. The zero-order chi connectivity index (χ0) is 29.3. The zero-order valence-electron chi connectivity index (χ0n) is 23.4. The van der Waals surface area contributed by atoms with Crippen molar-refractivity contribution >= 4 is 44.1 Å². The predicted octanol–water partition coefficient (Wildman–Crippen LogP) is 5.91. The van der Waals surface area contributed by atoms with Gasteiger partial charge in [-0.3, -0.25) is 14.5 Å². The SMILES string of the molecule is CCOc1ccc(/C(O)=C2\C(=O)C(=O)N(c3nc4ccc(CC)cc4s3)C2c2cc(OC)c(OC)c(OC)c2)cc1. The molecule has 1 unspecified atom stereocenters. The van der Waals surface area contributed by atoms with Crippen LogP contribution in [-0.4, -0.2) is 49.7 Å². The maximum atomic E-state index is 13.7. The summed E-state index contributed by atoms with van der Waals surface area (Å²) in [5, 5.41) is 11.9. The van der Waals surface area contributed by atoms with E-state index in [1.54, 1.807) is 36.4 Å². The smallest absolute Gasteiger partial charge is 0.301 e. The van der Waals surface area contributed by atoms with E-state index in [-0.39, 0.29) is 11.3 Å². The van der Waals surface area contributed by atoms with Gasteiger partial charge in [0.15, 0.2) is 16.6 Å². The van der Waals surface area contributed by atoms with Gasteiger partial charge in [-0.15, -0.1) is 0 Å². The van der Waals surface area contributed by atoms with E-state index in [1.165, 1.54) is 37.6 Å². The first-order chi connectivity index (χ1) is 19.8. The molecule has 10 heteroatoms. The van der Waals surface area contributed by atoms with Gasteiger partial charge >= 0.3 is 5.91 Å². The van der Waals surface area contributed by atoms with E-state index in [0.29, 0.717) is 51.4 Å². The Morgan fingerprint density at radius 3 is 2.22 bits per heavy atom. The van der Waals surface area contributed by atoms with Gasteiger partial charge in [-0.1, -0.05) is 24.3 Å². The Balaban J connectivity index is 1.74. The van der Waals surface area contributed by atoms with Crippen molar-refractivity contribution in [3.63, 3.8) is 0 Å². The molecule has 9 nitrogen and oxygen atoms in total. The van der Waals surface area contributed by atoms with Crippen LogP contribution in [0, 0.1) is 0 Å². The molecule has 41 heavy (non-hydrogen) atoms. The number of fused-ring (bicyclic) bond motifs is 1. The molecule has 0 aliphatic carbocycles. The number of aliphatic hydroxyl groups is 1. The number of ketones is 1. The summed E-state index contributed by atoms with van der Waals surface area (Å²) in [5.74, 6) is -0.298. The number of benzene rings is 3. The Bertz CT molecular complexity index is 1630. The van der Waals surface area contributed by atoms with Crippen molar-refractivity contribution in [3.8, 4) is 23.0 Å². The number of carbonyl (C=O) groups excluding carboxylic acids is 2. The minimum absolute atomic E-state index is 0.0815. The summed E-state index contributed by atoms with van der Waals surface area (Å²) < 4.78 is 23.0. The van der Waals surface area contributed by atoms with Gasteiger partial charge in [-0.05, 0) is 73.0 Å². The lowest BCUT2D eigenvalue weighted by molar-refractivity contribution is -0.132. The van der Waals surface area contributed by atoms with Crippen LogP contribution in [0.3, 0.4) is 0 Å². The van der Waals surface area contributed by atoms with E-state index in [9.17, 15) is 14.7 Å².